The van der Waals surface area contributed by atoms with Gasteiger partial charge in [0, 0.05) is 28.0 Å². The van der Waals surface area contributed by atoms with Gasteiger partial charge in [0.25, 0.3) is 0 Å². The van der Waals surface area contributed by atoms with Gasteiger partial charge in [-0.1, -0.05) is 60.7 Å². The number of anilines is 2. The van der Waals surface area contributed by atoms with E-state index in [4.69, 9.17) is 7.58 Å². The second-order valence-corrected chi connectivity index (χ2v) is 8.79. The minimum Gasteiger partial charge on any atom is -0.616 e. The maximum atomic E-state index is 5.96. The van der Waals surface area contributed by atoms with Gasteiger partial charge in [0.1, 0.15) is 11.3 Å². The summed E-state index contributed by atoms with van der Waals surface area (Å²) >= 11 is -0.713. The Bertz CT molecular complexity index is 1430. The molecule has 4 aromatic carbocycles. The molecule has 0 fully saturated rings. The number of nitrogens with one attached hydrogen (secondary N) is 1. The molecule has 5 aromatic rings. The highest BCUT2D eigenvalue weighted by Crippen LogP contribution is 2.32. The number of fused-ring (bicyclic) bond motifs is 1. The molecule has 0 saturated carbocycles. The van der Waals surface area contributed by atoms with Crippen molar-refractivity contribution < 1.29 is 7.58 Å². The van der Waals surface area contributed by atoms with Crippen LogP contribution in [0.5, 0.6) is 11.5 Å². The van der Waals surface area contributed by atoms with Gasteiger partial charge in [0.15, 0.2) is 0 Å². The third kappa shape index (κ3) is 4.92. The lowest BCUT2D eigenvalue weighted by atomic mass is 9.99. The molecule has 4 nitrogen and oxygen atoms in total. The molecule has 0 bridgehead atoms. The zero-order valence-electron chi connectivity index (χ0n) is 19.2. The van der Waals surface area contributed by atoms with E-state index in [0.717, 1.165) is 39.5 Å². The van der Waals surface area contributed by atoms with Crippen LogP contribution in [-0.2, 0) is 0 Å². The van der Waals surface area contributed by atoms with Crippen molar-refractivity contribution in [3.63, 3.8) is 0 Å². The number of pyridine rings is 1. The predicted octanol–water partition coefficient (Wildman–Crippen LogP) is 7.25. The van der Waals surface area contributed by atoms with Gasteiger partial charge in [0.05, 0.1) is 5.75 Å². The first-order valence-electron chi connectivity index (χ1n) is 11.2. The summed E-state index contributed by atoms with van der Waals surface area (Å²) in [6, 6.07) is 34.8. The largest absolute Gasteiger partial charge is 0.881 e. The number of aromatic nitrogens is 1. The average Bonchev–Trinajstić information content (AvgIpc) is 2.86. The summed E-state index contributed by atoms with van der Waals surface area (Å²) in [7, 11) is 0. The van der Waals surface area contributed by atoms with E-state index in [9.17, 15) is 0 Å². The molecule has 0 aliphatic heterocycles. The highest BCUT2D eigenvalue weighted by atomic mass is 27.2. The van der Waals surface area contributed by atoms with Gasteiger partial charge < -0.3 is 12.9 Å². The number of para-hydroxylation sites is 2. The molecule has 0 aliphatic rings. The Balaban J connectivity index is 1.25. The van der Waals surface area contributed by atoms with Crippen LogP contribution in [0.2, 0.25) is 0 Å². The Kier molecular flexibility index (Phi) is 6.49. The van der Waals surface area contributed by atoms with Crippen molar-refractivity contribution in [2.24, 2.45) is 0 Å². The van der Waals surface area contributed by atoms with Crippen molar-refractivity contribution >= 4 is 38.2 Å². The second-order valence-electron chi connectivity index (χ2n) is 8.12. The van der Waals surface area contributed by atoms with Gasteiger partial charge in [-0.3, -0.25) is 0 Å². The van der Waals surface area contributed by atoms with Crippen LogP contribution < -0.4 is 12.9 Å². The highest BCUT2D eigenvalue weighted by Gasteiger charge is 2.11. The Hall–Kier alpha value is -3.78. The summed E-state index contributed by atoms with van der Waals surface area (Å²) in [5.74, 6) is 1.53. The Labute approximate surface area is 206 Å². The average molecular weight is 460 g/mol. The lowest BCUT2D eigenvalue weighted by Gasteiger charge is -2.15. The van der Waals surface area contributed by atoms with Crippen LogP contribution >= 0.6 is 0 Å². The molecule has 34 heavy (non-hydrogen) atoms. The van der Waals surface area contributed by atoms with E-state index >= 15 is 0 Å². The molecule has 165 valence electrons. The molecule has 0 amide bonds. The van der Waals surface area contributed by atoms with E-state index in [2.05, 4.69) is 65.8 Å². The number of benzene rings is 4. The summed E-state index contributed by atoms with van der Waals surface area (Å²) < 4.78 is 11.9. The summed E-state index contributed by atoms with van der Waals surface area (Å²) in [5, 5.41) is 4.60. The molecule has 1 radical (unpaired) electrons. The molecule has 5 heteroatoms. The van der Waals surface area contributed by atoms with E-state index in [1.165, 1.54) is 16.7 Å². The van der Waals surface area contributed by atoms with Crippen molar-refractivity contribution in [3.8, 4) is 22.6 Å². The van der Waals surface area contributed by atoms with Crippen LogP contribution in [0.4, 0.5) is 11.4 Å². The normalized spacial score (nSPS) is 10.6. The Morgan fingerprint density at radius 2 is 1.44 bits per heavy atom. The Morgan fingerprint density at radius 1 is 0.676 bits per heavy atom. The van der Waals surface area contributed by atoms with Crippen molar-refractivity contribution in [1.29, 1.82) is 0 Å². The van der Waals surface area contributed by atoms with Crippen LogP contribution in [0, 0.1) is 13.8 Å². The monoisotopic (exact) mass is 459 g/mol. The van der Waals surface area contributed by atoms with E-state index in [-0.39, 0.29) is 0 Å². The molecule has 1 heterocycles. The third-order valence-corrected chi connectivity index (χ3v) is 6.40. The molecule has 0 saturated heterocycles. The van der Waals surface area contributed by atoms with Gasteiger partial charge >= 0.3 is 15.9 Å². The predicted molar refractivity (Wildman–Crippen MR) is 140 cm³/mol. The van der Waals surface area contributed by atoms with Gasteiger partial charge in [-0.2, -0.15) is 0 Å². The molecule has 1 aromatic heterocycles. The lowest BCUT2D eigenvalue weighted by Crippen LogP contribution is -2.11. The molecule has 0 spiro atoms. The van der Waals surface area contributed by atoms with Gasteiger partial charge in [-0.15, -0.1) is 0 Å². The van der Waals surface area contributed by atoms with Crippen molar-refractivity contribution in [2.45, 2.75) is 13.8 Å². The second kappa shape index (κ2) is 10.0. The van der Waals surface area contributed by atoms with Crippen LogP contribution in [0.1, 0.15) is 11.3 Å². The third-order valence-electron chi connectivity index (χ3n) is 5.68. The van der Waals surface area contributed by atoms with Crippen LogP contribution in [0.3, 0.4) is 0 Å². The van der Waals surface area contributed by atoms with Crippen molar-refractivity contribution in [3.05, 3.63) is 114 Å². The molecule has 1 N–H and O–H groups in total. The number of hydrogen-bond acceptors (Lipinski definition) is 4. The fraction of sp³-hybridized carbons (Fsp3) is 0.0690. The quantitative estimate of drug-likeness (QED) is 0.260. The number of rotatable bonds is 7. The summed E-state index contributed by atoms with van der Waals surface area (Å²) in [5.41, 5.74) is 7.55. The van der Waals surface area contributed by atoms with Crippen molar-refractivity contribution in [1.82, 2.24) is 4.98 Å². The maximum absolute atomic E-state index is 5.96. The summed E-state index contributed by atoms with van der Waals surface area (Å²) in [6.07, 6.45) is 0. The van der Waals surface area contributed by atoms with Crippen LogP contribution in [0.15, 0.2) is 103 Å². The molecule has 0 aliphatic carbocycles. The lowest BCUT2D eigenvalue weighted by molar-refractivity contribution is 0.461. The topological polar surface area (TPSA) is 43.4 Å². The molecule has 0 unspecified atom stereocenters. The first-order chi connectivity index (χ1) is 16.7. The zero-order chi connectivity index (χ0) is 23.3. The fourth-order valence-electron chi connectivity index (χ4n) is 3.92. The van der Waals surface area contributed by atoms with Crippen molar-refractivity contribution in [2.75, 3.05) is 5.32 Å². The smallest absolute Gasteiger partial charge is 0.616 e. The first-order valence-corrected chi connectivity index (χ1v) is 12.2. The van der Waals surface area contributed by atoms with E-state index in [0.29, 0.717) is 0 Å². The maximum Gasteiger partial charge on any atom is 0.881 e. The number of nitrogens with zero attached hydrogens (tertiary/aromatic N) is 1. The fourth-order valence-corrected chi connectivity index (χ4v) is 4.53. The first kappa shape index (κ1) is 22.0. The summed E-state index contributed by atoms with van der Waals surface area (Å²) in [6.45, 7) is 4.12. The van der Waals surface area contributed by atoms with Gasteiger partial charge in [0.2, 0.25) is 0 Å². The Morgan fingerprint density at radius 3 is 2.26 bits per heavy atom. The number of aryl methyl sites for hydroxylation is 2. The standard InChI is InChI=1S/C19H17NO.C10H9NO.Al/c1-14-6-2-3-7-17(14)18-8-4-5-9-19(18)20-15-10-12-16(21)13-11-15;1-7-5-6-8-3-2-4-9(12)10(8)11-7;/h2-13,20-21H,1H3;2-6,12H,1H3;/q;;+2/p-2. The SMILES string of the molecule is Cc1ccc2cccc([O][Al][O]c3ccc(Nc4ccccc4-c4ccccc4C)cc3)c2n1. The molecular weight excluding hydrogens is 435 g/mol. The minimum atomic E-state index is -0.713. The molecule has 0 atom stereocenters. The number of hydrogen-bond donors (Lipinski definition) is 1. The van der Waals surface area contributed by atoms with Crippen LogP contribution in [0.25, 0.3) is 22.0 Å². The molecular formula is C29H24AlN2O2. The van der Waals surface area contributed by atoms with E-state index < -0.39 is 15.9 Å². The summed E-state index contributed by atoms with van der Waals surface area (Å²) in [4.78, 5) is 4.61. The zero-order valence-corrected chi connectivity index (χ0v) is 20.3. The van der Waals surface area contributed by atoms with Gasteiger partial charge in [-0.05, 0) is 67.4 Å². The van der Waals surface area contributed by atoms with E-state index in [1.54, 1.807) is 0 Å². The molecule has 5 rings (SSSR count). The minimum absolute atomic E-state index is 0.713. The van der Waals surface area contributed by atoms with Crippen LogP contribution in [-0.4, -0.2) is 20.9 Å². The highest BCUT2D eigenvalue weighted by molar-refractivity contribution is 6.21. The van der Waals surface area contributed by atoms with E-state index in [1.807, 2.05) is 61.5 Å². The van der Waals surface area contributed by atoms with Gasteiger partial charge in [-0.25, -0.2) is 4.98 Å².